The van der Waals surface area contributed by atoms with Crippen molar-refractivity contribution >= 4 is 33.2 Å². The lowest BCUT2D eigenvalue weighted by Crippen LogP contribution is -2.47. The predicted molar refractivity (Wildman–Crippen MR) is 101 cm³/mol. The van der Waals surface area contributed by atoms with Gasteiger partial charge in [-0.2, -0.15) is 0 Å². The summed E-state index contributed by atoms with van der Waals surface area (Å²) in [7, 11) is -3.85. The first-order valence-electron chi connectivity index (χ1n) is 8.09. The monoisotopic (exact) mass is 393 g/mol. The highest BCUT2D eigenvalue weighted by Gasteiger charge is 2.32. The number of nitrogens with zero attached hydrogens (tertiary/aromatic N) is 1. The van der Waals surface area contributed by atoms with E-state index in [9.17, 15) is 22.4 Å². The van der Waals surface area contributed by atoms with E-state index in [1.807, 2.05) is 0 Å². The number of benzene rings is 2. The van der Waals surface area contributed by atoms with Crippen LogP contribution in [0.15, 0.2) is 48.5 Å². The quantitative estimate of drug-likeness (QED) is 0.751. The number of anilines is 2. The smallest absolute Gasteiger partial charge is 0.250 e. The summed E-state index contributed by atoms with van der Waals surface area (Å²) >= 11 is 0. The molecule has 7 nitrogen and oxygen atoms in total. The molecule has 1 atom stereocenters. The summed E-state index contributed by atoms with van der Waals surface area (Å²) in [5.41, 5.74) is 5.74. The minimum Gasteiger partial charge on any atom is -0.366 e. The van der Waals surface area contributed by atoms with Crippen molar-refractivity contribution in [1.29, 1.82) is 0 Å². The molecule has 9 heteroatoms. The average Bonchev–Trinajstić information content (AvgIpc) is 2.59. The molecular weight excluding hydrogens is 373 g/mol. The second kappa shape index (κ2) is 8.17. The summed E-state index contributed by atoms with van der Waals surface area (Å²) in [5.74, 6) is -1.89. The summed E-state index contributed by atoms with van der Waals surface area (Å²) < 4.78 is 38.8. The van der Waals surface area contributed by atoms with Crippen LogP contribution in [0.4, 0.5) is 15.8 Å². The van der Waals surface area contributed by atoms with Gasteiger partial charge >= 0.3 is 0 Å². The number of amides is 2. The Hall–Kier alpha value is -2.94. The lowest BCUT2D eigenvalue weighted by atomic mass is 10.1. The summed E-state index contributed by atoms with van der Waals surface area (Å²) in [6.45, 7) is 1.64. The number of nitrogens with one attached hydrogen (secondary N) is 1. The molecule has 2 rings (SSSR count). The predicted octanol–water partition coefficient (Wildman–Crippen LogP) is 2.11. The third-order valence-corrected chi connectivity index (χ3v) is 5.04. The molecule has 2 aromatic carbocycles. The van der Waals surface area contributed by atoms with Gasteiger partial charge in [0.05, 0.1) is 23.2 Å². The molecule has 2 aromatic rings. The second-order valence-electron chi connectivity index (χ2n) is 5.86. The number of carbonyl (C=O) groups excluding carboxylic acids is 2. The first-order chi connectivity index (χ1) is 12.6. The van der Waals surface area contributed by atoms with Crippen LogP contribution in [0.25, 0.3) is 0 Å². The number of halogens is 1. The first-order valence-corrected chi connectivity index (χ1v) is 9.94. The molecule has 0 heterocycles. The number of hydrogen-bond donors (Lipinski definition) is 2. The van der Waals surface area contributed by atoms with Gasteiger partial charge in [-0.25, -0.2) is 12.8 Å². The van der Waals surface area contributed by atoms with Crippen LogP contribution in [-0.2, 0) is 14.8 Å². The van der Waals surface area contributed by atoms with Crippen molar-refractivity contribution in [2.45, 2.75) is 19.4 Å². The molecule has 0 radical (unpaired) electrons. The minimum atomic E-state index is -3.85. The van der Waals surface area contributed by atoms with Crippen LogP contribution in [0.3, 0.4) is 0 Å². The van der Waals surface area contributed by atoms with Crippen LogP contribution in [0.2, 0.25) is 0 Å². The van der Waals surface area contributed by atoms with Gasteiger partial charge < -0.3 is 11.1 Å². The van der Waals surface area contributed by atoms with E-state index in [2.05, 4.69) is 5.32 Å². The molecule has 0 aliphatic heterocycles. The molecule has 0 unspecified atom stereocenters. The van der Waals surface area contributed by atoms with E-state index in [0.717, 1.165) is 22.7 Å². The summed E-state index contributed by atoms with van der Waals surface area (Å²) in [4.78, 5) is 24.3. The van der Waals surface area contributed by atoms with Crippen molar-refractivity contribution in [3.05, 3.63) is 59.9 Å². The van der Waals surface area contributed by atoms with Gasteiger partial charge in [-0.05, 0) is 42.8 Å². The zero-order chi connectivity index (χ0) is 20.2. The normalized spacial score (nSPS) is 12.3. The molecule has 3 N–H and O–H groups in total. The standard InChI is InChI=1S/C18H20FN3O4S/c1-3-16(18(24)21-15-7-5-4-6-14(15)17(20)23)22(27(2,25)26)13-10-8-12(19)9-11-13/h4-11,16H,3H2,1-2H3,(H2,20,23)(H,21,24)/t16-/m1/s1. The Bertz CT molecular complexity index is 945. The molecule has 0 fully saturated rings. The van der Waals surface area contributed by atoms with Crippen LogP contribution in [0, 0.1) is 5.82 Å². The SMILES string of the molecule is CC[C@H](C(=O)Nc1ccccc1C(N)=O)N(c1ccc(F)cc1)S(C)(=O)=O. The van der Waals surface area contributed by atoms with Gasteiger partial charge in [0.25, 0.3) is 5.91 Å². The van der Waals surface area contributed by atoms with Gasteiger partial charge in [-0.1, -0.05) is 19.1 Å². The van der Waals surface area contributed by atoms with Crippen molar-refractivity contribution in [2.24, 2.45) is 5.73 Å². The second-order valence-corrected chi connectivity index (χ2v) is 7.72. The Balaban J connectivity index is 2.41. The Morgan fingerprint density at radius 3 is 2.26 bits per heavy atom. The fraction of sp³-hybridized carbons (Fsp3) is 0.222. The van der Waals surface area contributed by atoms with Gasteiger partial charge in [-0.3, -0.25) is 13.9 Å². The van der Waals surface area contributed by atoms with Crippen molar-refractivity contribution in [3.8, 4) is 0 Å². The molecule has 2 amide bonds. The van der Waals surface area contributed by atoms with E-state index >= 15 is 0 Å². The zero-order valence-electron chi connectivity index (χ0n) is 14.8. The molecule has 0 aromatic heterocycles. The van der Waals surface area contributed by atoms with Crippen LogP contribution in [-0.4, -0.2) is 32.5 Å². The highest BCUT2D eigenvalue weighted by molar-refractivity contribution is 7.92. The molecule has 0 saturated heterocycles. The average molecular weight is 393 g/mol. The number of hydrogen-bond acceptors (Lipinski definition) is 4. The molecule has 0 saturated carbocycles. The Kier molecular flexibility index (Phi) is 6.17. The van der Waals surface area contributed by atoms with E-state index in [0.29, 0.717) is 0 Å². The van der Waals surface area contributed by atoms with Gasteiger partial charge in [0.2, 0.25) is 15.9 Å². The Morgan fingerprint density at radius 1 is 1.15 bits per heavy atom. The van der Waals surface area contributed by atoms with Crippen molar-refractivity contribution in [3.63, 3.8) is 0 Å². The third-order valence-electron chi connectivity index (χ3n) is 3.86. The molecule has 144 valence electrons. The third kappa shape index (κ3) is 4.82. The maximum atomic E-state index is 13.2. The highest BCUT2D eigenvalue weighted by atomic mass is 32.2. The van der Waals surface area contributed by atoms with Crippen LogP contribution in [0.1, 0.15) is 23.7 Å². The first kappa shape index (κ1) is 20.4. The van der Waals surface area contributed by atoms with Gasteiger partial charge in [0, 0.05) is 0 Å². The summed E-state index contributed by atoms with van der Waals surface area (Å²) in [6, 6.07) is 9.83. The van der Waals surface area contributed by atoms with Gasteiger partial charge in [0.1, 0.15) is 11.9 Å². The fourth-order valence-electron chi connectivity index (χ4n) is 2.67. The minimum absolute atomic E-state index is 0.105. The van der Waals surface area contributed by atoms with Crippen LogP contribution >= 0.6 is 0 Å². The van der Waals surface area contributed by atoms with Crippen molar-refractivity contribution in [2.75, 3.05) is 15.9 Å². The van der Waals surface area contributed by atoms with Crippen LogP contribution < -0.4 is 15.4 Å². The molecular formula is C18H20FN3O4S. The fourth-order valence-corrected chi connectivity index (χ4v) is 3.88. The largest absolute Gasteiger partial charge is 0.366 e. The molecule has 0 aliphatic rings. The molecule has 0 spiro atoms. The number of sulfonamides is 1. The van der Waals surface area contributed by atoms with E-state index in [4.69, 9.17) is 5.73 Å². The van der Waals surface area contributed by atoms with Crippen molar-refractivity contribution < 1.29 is 22.4 Å². The maximum Gasteiger partial charge on any atom is 0.250 e. The number of nitrogens with two attached hydrogens (primary N) is 1. The molecule has 0 bridgehead atoms. The Morgan fingerprint density at radius 2 is 1.74 bits per heavy atom. The van der Waals surface area contributed by atoms with Gasteiger partial charge in [-0.15, -0.1) is 0 Å². The topological polar surface area (TPSA) is 110 Å². The van der Waals surface area contributed by atoms with E-state index in [-0.39, 0.29) is 23.4 Å². The lowest BCUT2D eigenvalue weighted by Gasteiger charge is -2.30. The zero-order valence-corrected chi connectivity index (χ0v) is 15.7. The summed E-state index contributed by atoms with van der Waals surface area (Å²) in [6.07, 6.45) is 1.11. The maximum absolute atomic E-state index is 13.2. The summed E-state index contributed by atoms with van der Waals surface area (Å²) in [5, 5.41) is 2.56. The number of primary amides is 1. The van der Waals surface area contributed by atoms with E-state index < -0.39 is 33.7 Å². The highest BCUT2D eigenvalue weighted by Crippen LogP contribution is 2.24. The number of carbonyl (C=O) groups is 2. The van der Waals surface area contributed by atoms with Crippen molar-refractivity contribution in [1.82, 2.24) is 0 Å². The van der Waals surface area contributed by atoms with Crippen LogP contribution in [0.5, 0.6) is 0 Å². The lowest BCUT2D eigenvalue weighted by molar-refractivity contribution is -0.117. The number of para-hydroxylation sites is 1. The molecule has 0 aliphatic carbocycles. The van der Waals surface area contributed by atoms with Gasteiger partial charge in [0.15, 0.2) is 0 Å². The molecule has 27 heavy (non-hydrogen) atoms. The number of rotatable bonds is 7. The van der Waals surface area contributed by atoms with E-state index in [1.54, 1.807) is 19.1 Å². The van der Waals surface area contributed by atoms with E-state index in [1.165, 1.54) is 24.3 Å². The Labute approximate surface area is 157 Å².